The van der Waals surface area contributed by atoms with E-state index in [9.17, 15) is 9.90 Å². The molecule has 2 rings (SSSR count). The second-order valence-corrected chi connectivity index (χ2v) is 4.81. The number of benzene rings is 1. The molecule has 1 aromatic carbocycles. The molecule has 4 nitrogen and oxygen atoms in total. The van der Waals surface area contributed by atoms with Gasteiger partial charge in [0.2, 0.25) is 0 Å². The van der Waals surface area contributed by atoms with Crippen molar-refractivity contribution in [1.29, 1.82) is 5.26 Å². The molecule has 0 aliphatic rings. The number of aromatic amines is 1. The minimum absolute atomic E-state index is 0.0596. The van der Waals surface area contributed by atoms with Gasteiger partial charge in [-0.05, 0) is 25.1 Å². The van der Waals surface area contributed by atoms with Crippen molar-refractivity contribution in [3.63, 3.8) is 0 Å². The fraction of sp³-hybridized carbons (Fsp3) is 0.0769. The first-order valence-electron chi connectivity index (χ1n) is 5.26. The van der Waals surface area contributed by atoms with Crippen molar-refractivity contribution in [3.8, 4) is 22.9 Å². The largest absolute Gasteiger partial charge is 0.506 e. The molecule has 0 unspecified atom stereocenters. The molecule has 2 N–H and O–H groups in total. The van der Waals surface area contributed by atoms with E-state index >= 15 is 0 Å². The molecule has 0 radical (unpaired) electrons. The van der Waals surface area contributed by atoms with Crippen molar-refractivity contribution < 1.29 is 5.11 Å². The molecule has 6 heteroatoms. The third kappa shape index (κ3) is 2.43. The van der Waals surface area contributed by atoms with Gasteiger partial charge in [-0.15, -0.1) is 0 Å². The number of rotatable bonds is 1. The number of nitrogens with one attached hydrogen (secondary N) is 1. The Bertz CT molecular complexity index is 760. The van der Waals surface area contributed by atoms with Gasteiger partial charge in [0.1, 0.15) is 17.4 Å². The van der Waals surface area contributed by atoms with Crippen LogP contribution < -0.4 is 5.56 Å². The fourth-order valence-electron chi connectivity index (χ4n) is 1.78. The number of halogens is 2. The van der Waals surface area contributed by atoms with Crippen molar-refractivity contribution in [2.24, 2.45) is 0 Å². The van der Waals surface area contributed by atoms with Crippen molar-refractivity contribution in [3.05, 3.63) is 49.9 Å². The second kappa shape index (κ2) is 4.96. The van der Waals surface area contributed by atoms with E-state index < -0.39 is 5.56 Å². The summed E-state index contributed by atoms with van der Waals surface area (Å²) in [6.45, 7) is 1.68. The zero-order valence-electron chi connectivity index (χ0n) is 9.79. The average Bonchev–Trinajstić information content (AvgIpc) is 2.33. The summed E-state index contributed by atoms with van der Waals surface area (Å²) in [5.41, 5.74) is 0.496. The third-order valence-electron chi connectivity index (χ3n) is 2.60. The number of nitriles is 1. The minimum Gasteiger partial charge on any atom is -0.506 e. The molecule has 1 heterocycles. The van der Waals surface area contributed by atoms with Gasteiger partial charge < -0.3 is 10.1 Å². The standard InChI is InChI=1S/C13H8Cl2N2O2/c1-6-2-8(10(5-16)13(19)17-6)9-3-7(14)4-11(15)12(9)18/h2-4,18H,1H3,(H,17,19). The van der Waals surface area contributed by atoms with E-state index in [0.717, 1.165) is 0 Å². The number of phenols is 1. The molecule has 0 saturated heterocycles. The molecule has 19 heavy (non-hydrogen) atoms. The summed E-state index contributed by atoms with van der Waals surface area (Å²) in [5, 5.41) is 19.4. The van der Waals surface area contributed by atoms with Crippen LogP contribution in [0.3, 0.4) is 0 Å². The van der Waals surface area contributed by atoms with Gasteiger partial charge in [0.15, 0.2) is 0 Å². The first-order valence-corrected chi connectivity index (χ1v) is 6.02. The monoisotopic (exact) mass is 294 g/mol. The lowest BCUT2D eigenvalue weighted by molar-refractivity contribution is 0.477. The summed E-state index contributed by atoms with van der Waals surface area (Å²) in [6.07, 6.45) is 0. The van der Waals surface area contributed by atoms with Crippen LogP contribution in [0.15, 0.2) is 23.0 Å². The lowest BCUT2D eigenvalue weighted by Gasteiger charge is -2.09. The van der Waals surface area contributed by atoms with E-state index in [1.807, 2.05) is 6.07 Å². The van der Waals surface area contributed by atoms with Crippen LogP contribution in [-0.4, -0.2) is 10.1 Å². The minimum atomic E-state index is -0.520. The third-order valence-corrected chi connectivity index (χ3v) is 3.10. The number of phenolic OH excluding ortho intramolecular Hbond substituents is 1. The Morgan fingerprint density at radius 3 is 2.58 bits per heavy atom. The first kappa shape index (κ1) is 13.5. The van der Waals surface area contributed by atoms with Crippen LogP contribution >= 0.6 is 23.2 Å². The maximum atomic E-state index is 11.7. The van der Waals surface area contributed by atoms with Gasteiger partial charge in [-0.2, -0.15) is 5.26 Å². The molecule has 0 saturated carbocycles. The quantitative estimate of drug-likeness (QED) is 0.848. The number of aromatic nitrogens is 1. The second-order valence-electron chi connectivity index (χ2n) is 3.97. The Labute approximate surface area is 118 Å². The van der Waals surface area contributed by atoms with Gasteiger partial charge in [-0.25, -0.2) is 0 Å². The van der Waals surface area contributed by atoms with Gasteiger partial charge in [0, 0.05) is 21.8 Å². The van der Waals surface area contributed by atoms with Gasteiger partial charge in [0.25, 0.3) is 5.56 Å². The van der Waals surface area contributed by atoms with E-state index in [1.54, 1.807) is 13.0 Å². The molecule has 1 aromatic heterocycles. The zero-order valence-corrected chi connectivity index (χ0v) is 11.3. The van der Waals surface area contributed by atoms with E-state index in [0.29, 0.717) is 16.3 Å². The molecule has 0 bridgehead atoms. The fourth-order valence-corrected chi connectivity index (χ4v) is 2.28. The number of hydrogen-bond donors (Lipinski definition) is 2. The summed E-state index contributed by atoms with van der Waals surface area (Å²) < 4.78 is 0. The predicted octanol–water partition coefficient (Wildman–Crippen LogP) is 3.23. The van der Waals surface area contributed by atoms with Gasteiger partial charge >= 0.3 is 0 Å². The smallest absolute Gasteiger partial charge is 0.266 e. The lowest BCUT2D eigenvalue weighted by Crippen LogP contribution is -2.12. The highest BCUT2D eigenvalue weighted by Crippen LogP contribution is 2.38. The first-order chi connectivity index (χ1) is 8.93. The molecule has 0 fully saturated rings. The molecular formula is C13H8Cl2N2O2. The van der Waals surface area contributed by atoms with Crippen LogP contribution in [0.5, 0.6) is 5.75 Å². The van der Waals surface area contributed by atoms with E-state index in [-0.39, 0.29) is 21.9 Å². The van der Waals surface area contributed by atoms with Crippen molar-refractivity contribution in [1.82, 2.24) is 4.98 Å². The Kier molecular flexibility index (Phi) is 3.52. The van der Waals surface area contributed by atoms with Crippen LogP contribution in [0.1, 0.15) is 11.3 Å². The SMILES string of the molecule is Cc1cc(-c2cc(Cl)cc(Cl)c2O)c(C#N)c(=O)[nH]1. The summed E-state index contributed by atoms with van der Waals surface area (Å²) in [4.78, 5) is 14.2. The Morgan fingerprint density at radius 1 is 1.26 bits per heavy atom. The van der Waals surface area contributed by atoms with Gasteiger partial charge in [-0.3, -0.25) is 4.79 Å². The number of hydrogen-bond acceptors (Lipinski definition) is 3. The van der Waals surface area contributed by atoms with Crippen LogP contribution in [0.4, 0.5) is 0 Å². The van der Waals surface area contributed by atoms with Crippen LogP contribution in [0.2, 0.25) is 10.0 Å². The molecular weight excluding hydrogens is 287 g/mol. The average molecular weight is 295 g/mol. The highest BCUT2D eigenvalue weighted by atomic mass is 35.5. The number of pyridine rings is 1. The van der Waals surface area contributed by atoms with Crippen LogP contribution in [0.25, 0.3) is 11.1 Å². The van der Waals surface area contributed by atoms with Crippen LogP contribution in [0, 0.1) is 18.3 Å². The molecule has 0 amide bonds. The Morgan fingerprint density at radius 2 is 1.95 bits per heavy atom. The van der Waals surface area contributed by atoms with E-state index in [4.69, 9.17) is 28.5 Å². The molecule has 2 aromatic rings. The highest BCUT2D eigenvalue weighted by Gasteiger charge is 2.16. The number of aromatic hydroxyl groups is 1. The van der Waals surface area contributed by atoms with Crippen LogP contribution in [-0.2, 0) is 0 Å². The number of aryl methyl sites for hydroxylation is 1. The van der Waals surface area contributed by atoms with Gasteiger partial charge in [-0.1, -0.05) is 23.2 Å². The maximum Gasteiger partial charge on any atom is 0.266 e. The number of nitrogens with zero attached hydrogens (tertiary/aromatic N) is 1. The highest BCUT2D eigenvalue weighted by molar-refractivity contribution is 6.36. The topological polar surface area (TPSA) is 76.9 Å². The molecule has 0 aliphatic carbocycles. The molecule has 0 spiro atoms. The zero-order chi connectivity index (χ0) is 14.2. The van der Waals surface area contributed by atoms with Crippen molar-refractivity contribution in [2.75, 3.05) is 0 Å². The molecule has 0 atom stereocenters. The lowest BCUT2D eigenvalue weighted by atomic mass is 10.00. The Balaban J connectivity index is 2.87. The van der Waals surface area contributed by atoms with Gasteiger partial charge in [0.05, 0.1) is 5.02 Å². The summed E-state index contributed by atoms with van der Waals surface area (Å²) in [7, 11) is 0. The predicted molar refractivity (Wildman–Crippen MR) is 73.6 cm³/mol. The normalized spacial score (nSPS) is 10.2. The molecule has 96 valence electrons. The molecule has 0 aliphatic heterocycles. The summed E-state index contributed by atoms with van der Waals surface area (Å²) >= 11 is 11.7. The Hall–Kier alpha value is -1.96. The number of H-pyrrole nitrogens is 1. The van der Waals surface area contributed by atoms with Crippen molar-refractivity contribution >= 4 is 23.2 Å². The van der Waals surface area contributed by atoms with E-state index in [2.05, 4.69) is 4.98 Å². The maximum absolute atomic E-state index is 11.7. The van der Waals surface area contributed by atoms with Crippen molar-refractivity contribution in [2.45, 2.75) is 6.92 Å². The van der Waals surface area contributed by atoms with E-state index in [1.165, 1.54) is 12.1 Å². The summed E-state index contributed by atoms with van der Waals surface area (Å²) in [5.74, 6) is -0.215. The summed E-state index contributed by atoms with van der Waals surface area (Å²) in [6, 6.07) is 6.24.